The summed E-state index contributed by atoms with van der Waals surface area (Å²) in [5.41, 5.74) is 0.925. The van der Waals surface area contributed by atoms with Crippen molar-refractivity contribution in [3.05, 3.63) is 35.6 Å². The molecular formula is C14H15NO3. The monoisotopic (exact) mass is 245 g/mol. The zero-order valence-electron chi connectivity index (χ0n) is 10.1. The minimum Gasteiger partial charge on any atom is -0.478 e. The number of fused-ring (bicyclic) bond motifs is 1. The maximum Gasteiger partial charge on any atom is 0.335 e. The molecule has 1 aliphatic heterocycles. The van der Waals surface area contributed by atoms with Gasteiger partial charge in [0.2, 0.25) is 0 Å². The topological polar surface area (TPSA) is 53.7 Å². The highest BCUT2D eigenvalue weighted by Crippen LogP contribution is 2.23. The van der Waals surface area contributed by atoms with Gasteiger partial charge in [-0.15, -0.1) is 0 Å². The van der Waals surface area contributed by atoms with E-state index in [9.17, 15) is 4.79 Å². The minimum atomic E-state index is -0.922. The van der Waals surface area contributed by atoms with E-state index in [1.807, 2.05) is 6.07 Å². The van der Waals surface area contributed by atoms with Gasteiger partial charge in [-0.1, -0.05) is 6.07 Å². The third-order valence-electron chi connectivity index (χ3n) is 3.40. The van der Waals surface area contributed by atoms with Gasteiger partial charge in [0, 0.05) is 5.39 Å². The number of carboxylic acids is 1. The standard InChI is InChI=1S/C14H15NO3/c16-14(17)11-4-3-10-7-12(18-13(10)8-11)9-15-5-1-2-6-15/h3-4,7-8H,1-2,5-6,9H2,(H,16,17). The van der Waals surface area contributed by atoms with Crippen molar-refractivity contribution < 1.29 is 14.3 Å². The summed E-state index contributed by atoms with van der Waals surface area (Å²) in [4.78, 5) is 13.2. The van der Waals surface area contributed by atoms with E-state index in [-0.39, 0.29) is 5.56 Å². The number of carbonyl (C=O) groups is 1. The zero-order valence-corrected chi connectivity index (χ0v) is 10.1. The van der Waals surface area contributed by atoms with Gasteiger partial charge in [0.25, 0.3) is 0 Å². The highest BCUT2D eigenvalue weighted by Gasteiger charge is 2.14. The van der Waals surface area contributed by atoms with Gasteiger partial charge in [-0.25, -0.2) is 4.79 Å². The summed E-state index contributed by atoms with van der Waals surface area (Å²) in [7, 11) is 0. The number of hydrogen-bond donors (Lipinski definition) is 1. The van der Waals surface area contributed by atoms with Crippen LogP contribution in [0.4, 0.5) is 0 Å². The highest BCUT2D eigenvalue weighted by molar-refractivity contribution is 5.92. The van der Waals surface area contributed by atoms with Crippen molar-refractivity contribution in [1.29, 1.82) is 0 Å². The highest BCUT2D eigenvalue weighted by atomic mass is 16.4. The lowest BCUT2D eigenvalue weighted by atomic mass is 10.2. The molecule has 4 nitrogen and oxygen atoms in total. The van der Waals surface area contributed by atoms with Gasteiger partial charge in [-0.3, -0.25) is 4.90 Å². The molecule has 0 radical (unpaired) electrons. The van der Waals surface area contributed by atoms with Gasteiger partial charge in [-0.2, -0.15) is 0 Å². The van der Waals surface area contributed by atoms with Crippen molar-refractivity contribution in [2.45, 2.75) is 19.4 Å². The molecule has 18 heavy (non-hydrogen) atoms. The third-order valence-corrected chi connectivity index (χ3v) is 3.40. The first kappa shape index (κ1) is 11.3. The molecule has 3 rings (SSSR count). The number of nitrogens with zero attached hydrogens (tertiary/aromatic N) is 1. The van der Waals surface area contributed by atoms with Crippen molar-refractivity contribution in [3.8, 4) is 0 Å². The molecule has 1 aliphatic rings. The molecule has 0 saturated carbocycles. The van der Waals surface area contributed by atoms with Crippen molar-refractivity contribution >= 4 is 16.9 Å². The molecule has 4 heteroatoms. The lowest BCUT2D eigenvalue weighted by molar-refractivity contribution is 0.0697. The quantitative estimate of drug-likeness (QED) is 0.903. The Morgan fingerprint density at radius 2 is 2.06 bits per heavy atom. The number of furan rings is 1. The second-order valence-corrected chi connectivity index (χ2v) is 4.75. The summed E-state index contributed by atoms with van der Waals surface area (Å²) in [5, 5.41) is 9.90. The Kier molecular flexibility index (Phi) is 2.80. The maximum atomic E-state index is 10.9. The van der Waals surface area contributed by atoms with E-state index >= 15 is 0 Å². The summed E-state index contributed by atoms with van der Waals surface area (Å²) in [6, 6.07) is 7.00. The van der Waals surface area contributed by atoms with E-state index in [0.717, 1.165) is 30.8 Å². The van der Waals surface area contributed by atoms with Crippen LogP contribution < -0.4 is 0 Å². The van der Waals surface area contributed by atoms with E-state index in [1.165, 1.54) is 12.8 Å². The van der Waals surface area contributed by atoms with Crippen LogP contribution in [-0.2, 0) is 6.54 Å². The summed E-state index contributed by atoms with van der Waals surface area (Å²) >= 11 is 0. The Labute approximate surface area is 105 Å². The first-order valence-electron chi connectivity index (χ1n) is 6.20. The first-order valence-corrected chi connectivity index (χ1v) is 6.20. The van der Waals surface area contributed by atoms with Gasteiger partial charge in [0.05, 0.1) is 12.1 Å². The number of hydrogen-bond acceptors (Lipinski definition) is 3. The molecule has 0 atom stereocenters. The molecule has 0 aliphatic carbocycles. The van der Waals surface area contributed by atoms with Crippen LogP contribution in [0.15, 0.2) is 28.7 Å². The van der Waals surface area contributed by atoms with Crippen LogP contribution in [0.25, 0.3) is 11.0 Å². The molecule has 1 saturated heterocycles. The third kappa shape index (κ3) is 2.11. The van der Waals surface area contributed by atoms with E-state index in [1.54, 1.807) is 18.2 Å². The Morgan fingerprint density at radius 1 is 1.28 bits per heavy atom. The van der Waals surface area contributed by atoms with Crippen molar-refractivity contribution in [3.63, 3.8) is 0 Å². The summed E-state index contributed by atoms with van der Waals surface area (Å²) in [5.74, 6) is -0.0103. The predicted octanol–water partition coefficient (Wildman–Crippen LogP) is 2.73. The van der Waals surface area contributed by atoms with Crippen LogP contribution in [0.3, 0.4) is 0 Å². The number of rotatable bonds is 3. The molecular weight excluding hydrogens is 230 g/mol. The zero-order chi connectivity index (χ0) is 12.5. The van der Waals surface area contributed by atoms with Crippen LogP contribution >= 0.6 is 0 Å². The largest absolute Gasteiger partial charge is 0.478 e. The molecule has 94 valence electrons. The van der Waals surface area contributed by atoms with Crippen molar-refractivity contribution in [2.75, 3.05) is 13.1 Å². The Morgan fingerprint density at radius 3 is 2.78 bits per heavy atom. The minimum absolute atomic E-state index is 0.268. The van der Waals surface area contributed by atoms with Gasteiger partial charge < -0.3 is 9.52 Å². The first-order chi connectivity index (χ1) is 8.72. The SMILES string of the molecule is O=C(O)c1ccc2cc(CN3CCCC3)oc2c1. The number of aromatic carboxylic acids is 1. The normalized spacial score (nSPS) is 16.4. The fourth-order valence-electron chi connectivity index (χ4n) is 2.46. The smallest absolute Gasteiger partial charge is 0.335 e. The van der Waals surface area contributed by atoms with Gasteiger partial charge >= 0.3 is 5.97 Å². The van der Waals surface area contributed by atoms with Crippen LogP contribution in [0.5, 0.6) is 0 Å². The summed E-state index contributed by atoms with van der Waals surface area (Å²) in [6.45, 7) is 3.06. The Balaban J connectivity index is 1.87. The van der Waals surface area contributed by atoms with Gasteiger partial charge in [0.1, 0.15) is 11.3 Å². The average Bonchev–Trinajstić information content (AvgIpc) is 2.96. The molecule has 1 aromatic heterocycles. The fraction of sp³-hybridized carbons (Fsp3) is 0.357. The molecule has 2 heterocycles. The molecule has 0 amide bonds. The van der Waals surface area contributed by atoms with Crippen molar-refractivity contribution in [1.82, 2.24) is 4.90 Å². The molecule has 1 N–H and O–H groups in total. The lowest BCUT2D eigenvalue weighted by Crippen LogP contribution is -2.17. The van der Waals surface area contributed by atoms with E-state index in [4.69, 9.17) is 9.52 Å². The molecule has 1 aromatic carbocycles. The second kappa shape index (κ2) is 4.46. The van der Waals surface area contributed by atoms with Crippen molar-refractivity contribution in [2.24, 2.45) is 0 Å². The molecule has 2 aromatic rings. The predicted molar refractivity (Wildman–Crippen MR) is 67.7 cm³/mol. The lowest BCUT2D eigenvalue weighted by Gasteiger charge is -2.11. The summed E-state index contributed by atoms with van der Waals surface area (Å²) < 4.78 is 5.72. The second-order valence-electron chi connectivity index (χ2n) is 4.75. The fourth-order valence-corrected chi connectivity index (χ4v) is 2.46. The maximum absolute atomic E-state index is 10.9. The van der Waals surface area contributed by atoms with Crippen LogP contribution in [0, 0.1) is 0 Å². The molecule has 0 spiro atoms. The summed E-state index contributed by atoms with van der Waals surface area (Å²) in [6.07, 6.45) is 2.51. The Bertz CT molecular complexity index is 582. The van der Waals surface area contributed by atoms with Crippen LogP contribution in [0.1, 0.15) is 29.0 Å². The van der Waals surface area contributed by atoms with E-state index in [0.29, 0.717) is 5.58 Å². The van der Waals surface area contributed by atoms with Crippen LogP contribution in [-0.4, -0.2) is 29.1 Å². The van der Waals surface area contributed by atoms with E-state index in [2.05, 4.69) is 4.90 Å². The number of benzene rings is 1. The molecule has 0 bridgehead atoms. The Hall–Kier alpha value is -1.81. The molecule has 1 fully saturated rings. The number of likely N-dealkylation sites (tertiary alicyclic amines) is 1. The average molecular weight is 245 g/mol. The van der Waals surface area contributed by atoms with Gasteiger partial charge in [0.15, 0.2) is 0 Å². The van der Waals surface area contributed by atoms with Gasteiger partial charge in [-0.05, 0) is 44.1 Å². The molecule has 0 unspecified atom stereocenters. The van der Waals surface area contributed by atoms with E-state index < -0.39 is 5.97 Å². The van der Waals surface area contributed by atoms with Crippen LogP contribution in [0.2, 0.25) is 0 Å². The number of carboxylic acid groups (broad SMARTS) is 1.